The van der Waals surface area contributed by atoms with Gasteiger partial charge >= 0.3 is 5.97 Å². The molecular weight excluding hydrogens is 532 g/mol. The number of carbonyl (C=O) groups excluding carboxylic acids is 3. The van der Waals surface area contributed by atoms with Gasteiger partial charge in [0.25, 0.3) is 0 Å². The highest BCUT2D eigenvalue weighted by Crippen LogP contribution is 2.35. The SMILES string of the molecule is CCCCC(CC)C(=NOC(C)=O)C(=O)c1ccc2c(c1)c1ccccc1n2-c1ccccc1C(=O)c1cccs1. The zero-order valence-corrected chi connectivity index (χ0v) is 24.2. The van der Waals surface area contributed by atoms with Gasteiger partial charge in [0.2, 0.25) is 11.6 Å². The van der Waals surface area contributed by atoms with E-state index in [1.165, 1.54) is 18.3 Å². The number of hydrogen-bond donors (Lipinski definition) is 0. The number of hydrogen-bond acceptors (Lipinski definition) is 6. The third-order valence-corrected chi connectivity index (χ3v) is 8.23. The maximum absolute atomic E-state index is 13.9. The Morgan fingerprint density at radius 3 is 2.39 bits per heavy atom. The fourth-order valence-electron chi connectivity index (χ4n) is 5.32. The van der Waals surface area contributed by atoms with Crippen LogP contribution in [0.3, 0.4) is 0 Å². The van der Waals surface area contributed by atoms with Crippen molar-refractivity contribution in [3.63, 3.8) is 0 Å². The molecule has 0 saturated carbocycles. The first kappa shape index (κ1) is 28.2. The molecule has 7 heteroatoms. The number of carbonyl (C=O) groups is 3. The van der Waals surface area contributed by atoms with Gasteiger partial charge in [-0.2, -0.15) is 0 Å². The number of benzene rings is 3. The molecule has 5 aromatic rings. The number of Topliss-reactive ketones (excluding diaryl/α,β-unsaturated/α-hetero) is 1. The molecule has 0 bridgehead atoms. The van der Waals surface area contributed by atoms with E-state index in [9.17, 15) is 14.4 Å². The lowest BCUT2D eigenvalue weighted by atomic mass is 9.89. The second kappa shape index (κ2) is 12.4. The monoisotopic (exact) mass is 564 g/mol. The maximum Gasteiger partial charge on any atom is 0.331 e. The fraction of sp³-hybridized carbons (Fsp3) is 0.235. The van der Waals surface area contributed by atoms with Gasteiger partial charge in [-0.05, 0) is 60.7 Å². The summed E-state index contributed by atoms with van der Waals surface area (Å²) in [5.74, 6) is -0.956. The van der Waals surface area contributed by atoms with Crippen LogP contribution in [0.15, 0.2) is 89.4 Å². The molecule has 6 nitrogen and oxygen atoms in total. The minimum Gasteiger partial charge on any atom is -0.318 e. The Balaban J connectivity index is 1.66. The van der Waals surface area contributed by atoms with Crippen LogP contribution >= 0.6 is 11.3 Å². The van der Waals surface area contributed by atoms with Gasteiger partial charge in [-0.3, -0.25) is 9.59 Å². The van der Waals surface area contributed by atoms with Crippen LogP contribution < -0.4 is 0 Å². The quantitative estimate of drug-likeness (QED) is 0.0698. The number of rotatable bonds is 11. The van der Waals surface area contributed by atoms with Crippen LogP contribution in [0.25, 0.3) is 27.5 Å². The summed E-state index contributed by atoms with van der Waals surface area (Å²) >= 11 is 1.42. The first-order valence-corrected chi connectivity index (χ1v) is 14.8. The Bertz CT molecular complexity index is 1760. The van der Waals surface area contributed by atoms with Gasteiger partial charge in [0, 0.05) is 34.7 Å². The maximum atomic E-state index is 13.9. The lowest BCUT2D eigenvalue weighted by molar-refractivity contribution is -0.140. The predicted octanol–water partition coefficient (Wildman–Crippen LogP) is 8.39. The molecule has 0 aliphatic carbocycles. The topological polar surface area (TPSA) is 77.7 Å². The molecule has 0 radical (unpaired) electrons. The van der Waals surface area contributed by atoms with E-state index in [-0.39, 0.29) is 23.2 Å². The number of oxime groups is 1. The Hall–Kier alpha value is -4.36. The van der Waals surface area contributed by atoms with Crippen LogP contribution in [-0.4, -0.2) is 27.8 Å². The molecule has 0 aliphatic rings. The van der Waals surface area contributed by atoms with Crippen molar-refractivity contribution in [2.24, 2.45) is 11.1 Å². The van der Waals surface area contributed by atoms with Crippen LogP contribution in [0.4, 0.5) is 0 Å². The summed E-state index contributed by atoms with van der Waals surface area (Å²) in [5.41, 5.74) is 3.94. The van der Waals surface area contributed by atoms with Crippen LogP contribution in [-0.2, 0) is 9.63 Å². The lowest BCUT2D eigenvalue weighted by Gasteiger charge is -2.16. The molecule has 2 aromatic heterocycles. The summed E-state index contributed by atoms with van der Waals surface area (Å²) in [5, 5.41) is 7.80. The molecule has 0 saturated heterocycles. The van der Waals surface area contributed by atoms with Gasteiger partial charge in [0.1, 0.15) is 5.71 Å². The molecule has 1 unspecified atom stereocenters. The molecule has 1 atom stereocenters. The molecule has 5 rings (SSSR count). The largest absolute Gasteiger partial charge is 0.331 e. The zero-order valence-electron chi connectivity index (χ0n) is 23.4. The van der Waals surface area contributed by atoms with E-state index in [0.717, 1.165) is 46.8 Å². The Kier molecular flexibility index (Phi) is 8.55. The van der Waals surface area contributed by atoms with E-state index in [1.54, 1.807) is 6.07 Å². The van der Waals surface area contributed by atoms with E-state index in [4.69, 9.17) is 4.84 Å². The summed E-state index contributed by atoms with van der Waals surface area (Å²) < 4.78 is 2.09. The molecule has 41 heavy (non-hydrogen) atoms. The van der Waals surface area contributed by atoms with Gasteiger partial charge in [0.15, 0.2) is 0 Å². The van der Waals surface area contributed by atoms with Crippen LogP contribution in [0.2, 0.25) is 0 Å². The summed E-state index contributed by atoms with van der Waals surface area (Å²) in [6.45, 7) is 5.40. The van der Waals surface area contributed by atoms with Crippen molar-refractivity contribution in [3.8, 4) is 5.69 Å². The molecule has 3 aromatic carbocycles. The van der Waals surface area contributed by atoms with E-state index >= 15 is 0 Å². The van der Waals surface area contributed by atoms with Crippen LogP contribution in [0.5, 0.6) is 0 Å². The highest BCUT2D eigenvalue weighted by atomic mass is 32.1. The average Bonchev–Trinajstić information content (AvgIpc) is 3.65. The third kappa shape index (κ3) is 5.63. The van der Waals surface area contributed by atoms with Gasteiger partial charge in [-0.15, -0.1) is 11.3 Å². The molecule has 208 valence electrons. The number of thiophene rings is 1. The van der Waals surface area contributed by atoms with Gasteiger partial charge in [-0.25, -0.2) is 4.79 Å². The van der Waals surface area contributed by atoms with Crippen molar-refractivity contribution in [1.82, 2.24) is 4.57 Å². The number of nitrogens with zero attached hydrogens (tertiary/aromatic N) is 2. The van der Waals surface area contributed by atoms with Gasteiger partial charge < -0.3 is 9.40 Å². The van der Waals surface area contributed by atoms with Crippen molar-refractivity contribution >= 4 is 56.4 Å². The summed E-state index contributed by atoms with van der Waals surface area (Å²) in [6, 6.07) is 24.9. The molecule has 0 N–H and O–H groups in total. The normalized spacial score (nSPS) is 12.5. The van der Waals surface area contributed by atoms with E-state index < -0.39 is 5.97 Å². The first-order chi connectivity index (χ1) is 19.9. The third-order valence-electron chi connectivity index (χ3n) is 7.36. The first-order valence-electron chi connectivity index (χ1n) is 14.0. The second-order valence-corrected chi connectivity index (χ2v) is 11.0. The van der Waals surface area contributed by atoms with Crippen LogP contribution in [0, 0.1) is 5.92 Å². The second-order valence-electron chi connectivity index (χ2n) is 10.0. The van der Waals surface area contributed by atoms with E-state index in [2.05, 4.69) is 16.6 Å². The minimum absolute atomic E-state index is 0.0302. The number of fused-ring (bicyclic) bond motifs is 3. The molecule has 0 aliphatic heterocycles. The number of unbranched alkanes of at least 4 members (excludes halogenated alkanes) is 1. The lowest BCUT2D eigenvalue weighted by Crippen LogP contribution is -2.25. The zero-order chi connectivity index (χ0) is 28.9. The smallest absolute Gasteiger partial charge is 0.318 e. The van der Waals surface area contributed by atoms with Crippen molar-refractivity contribution in [2.75, 3.05) is 0 Å². The average molecular weight is 565 g/mol. The van der Waals surface area contributed by atoms with Crippen molar-refractivity contribution < 1.29 is 19.2 Å². The predicted molar refractivity (Wildman–Crippen MR) is 165 cm³/mol. The molecular formula is C34H32N2O4S. The summed E-state index contributed by atoms with van der Waals surface area (Å²) in [7, 11) is 0. The van der Waals surface area contributed by atoms with Crippen molar-refractivity contribution in [2.45, 2.75) is 46.5 Å². The van der Waals surface area contributed by atoms with Gasteiger partial charge in [-0.1, -0.05) is 68.2 Å². The van der Waals surface area contributed by atoms with E-state index in [0.29, 0.717) is 22.4 Å². The summed E-state index contributed by atoms with van der Waals surface area (Å²) in [6.07, 6.45) is 3.44. The molecule has 0 spiro atoms. The van der Waals surface area contributed by atoms with Crippen LogP contribution in [0.1, 0.15) is 72.0 Å². The van der Waals surface area contributed by atoms with Crippen molar-refractivity contribution in [3.05, 3.63) is 100 Å². The number of ketones is 2. The Morgan fingerprint density at radius 2 is 1.66 bits per heavy atom. The standard InChI is InChI=1S/C34H32N2O4S/c1-4-6-12-23(5-2)32(35-40-22(3)37)33(38)24-18-19-30-27(21-24)25-13-7-9-15-28(25)36(30)29-16-10-8-14-26(29)34(39)31-17-11-20-41-31/h7-11,13-21,23H,4-6,12H2,1-3H3. The highest BCUT2D eigenvalue weighted by Gasteiger charge is 2.26. The minimum atomic E-state index is -0.560. The summed E-state index contributed by atoms with van der Waals surface area (Å²) in [4.78, 5) is 44.6. The fourth-order valence-corrected chi connectivity index (χ4v) is 6.00. The number of para-hydroxylation sites is 2. The molecule has 0 fully saturated rings. The van der Waals surface area contributed by atoms with Crippen molar-refractivity contribution in [1.29, 1.82) is 0 Å². The highest BCUT2D eigenvalue weighted by molar-refractivity contribution is 7.12. The molecule has 2 heterocycles. The van der Waals surface area contributed by atoms with E-state index in [1.807, 2.05) is 85.1 Å². The number of aromatic nitrogens is 1. The Labute approximate surface area is 243 Å². The van der Waals surface area contributed by atoms with Gasteiger partial charge in [0.05, 0.1) is 21.6 Å². The molecule has 0 amide bonds. The Morgan fingerprint density at radius 1 is 0.902 bits per heavy atom.